The second kappa shape index (κ2) is 4.70. The SMILES string of the molecule is NC(=O)N1c2ccccc2C/C(=N\O)c2ccccc21. The van der Waals surface area contributed by atoms with Crippen molar-refractivity contribution in [3.63, 3.8) is 0 Å². The second-order valence-electron chi connectivity index (χ2n) is 4.54. The second-order valence-corrected chi connectivity index (χ2v) is 4.54. The first-order chi connectivity index (χ1) is 9.72. The predicted molar refractivity (Wildman–Crippen MR) is 76.6 cm³/mol. The molecule has 1 aliphatic heterocycles. The van der Waals surface area contributed by atoms with E-state index in [0.29, 0.717) is 29.1 Å². The number of hydrogen-bond donors (Lipinski definition) is 2. The van der Waals surface area contributed by atoms with E-state index in [4.69, 9.17) is 5.73 Å². The largest absolute Gasteiger partial charge is 0.411 e. The van der Waals surface area contributed by atoms with Crippen molar-refractivity contribution in [3.8, 4) is 0 Å². The van der Waals surface area contributed by atoms with Crippen LogP contribution < -0.4 is 10.6 Å². The molecule has 2 aromatic rings. The van der Waals surface area contributed by atoms with Crippen molar-refractivity contribution in [2.24, 2.45) is 10.9 Å². The molecule has 3 rings (SSSR count). The number of carbonyl (C=O) groups is 1. The van der Waals surface area contributed by atoms with Gasteiger partial charge in [-0.3, -0.25) is 4.90 Å². The molecule has 20 heavy (non-hydrogen) atoms. The summed E-state index contributed by atoms with van der Waals surface area (Å²) >= 11 is 0. The third kappa shape index (κ3) is 1.80. The number of fused-ring (bicyclic) bond motifs is 2. The molecule has 0 aromatic heterocycles. The number of rotatable bonds is 0. The number of anilines is 2. The van der Waals surface area contributed by atoms with Gasteiger partial charge < -0.3 is 10.9 Å². The van der Waals surface area contributed by atoms with Gasteiger partial charge in [-0.05, 0) is 17.7 Å². The number of nitrogens with zero attached hydrogens (tertiary/aromatic N) is 2. The van der Waals surface area contributed by atoms with E-state index in [2.05, 4.69) is 5.16 Å². The molecule has 1 heterocycles. The Labute approximate surface area is 115 Å². The summed E-state index contributed by atoms with van der Waals surface area (Å²) < 4.78 is 0. The fourth-order valence-electron chi connectivity index (χ4n) is 2.52. The van der Waals surface area contributed by atoms with Gasteiger partial charge in [0.15, 0.2) is 0 Å². The Morgan fingerprint density at radius 3 is 2.45 bits per heavy atom. The highest BCUT2D eigenvalue weighted by Crippen LogP contribution is 2.35. The highest BCUT2D eigenvalue weighted by molar-refractivity contribution is 6.13. The van der Waals surface area contributed by atoms with Gasteiger partial charge in [0.05, 0.1) is 17.1 Å². The van der Waals surface area contributed by atoms with E-state index in [-0.39, 0.29) is 0 Å². The average Bonchev–Trinajstić information content (AvgIpc) is 2.61. The summed E-state index contributed by atoms with van der Waals surface area (Å²) in [6, 6.07) is 14.1. The summed E-state index contributed by atoms with van der Waals surface area (Å²) in [7, 11) is 0. The number of hydrogen-bond acceptors (Lipinski definition) is 3. The van der Waals surface area contributed by atoms with Crippen molar-refractivity contribution < 1.29 is 10.0 Å². The number of urea groups is 1. The Kier molecular flexibility index (Phi) is 2.87. The van der Waals surface area contributed by atoms with E-state index in [0.717, 1.165) is 5.56 Å². The lowest BCUT2D eigenvalue weighted by Crippen LogP contribution is -2.32. The van der Waals surface area contributed by atoms with Gasteiger partial charge in [-0.1, -0.05) is 41.6 Å². The van der Waals surface area contributed by atoms with Gasteiger partial charge in [0.1, 0.15) is 0 Å². The summed E-state index contributed by atoms with van der Waals surface area (Å²) in [5, 5.41) is 12.6. The molecule has 1 aliphatic rings. The molecule has 0 bridgehead atoms. The molecule has 0 aliphatic carbocycles. The zero-order valence-electron chi connectivity index (χ0n) is 10.7. The molecule has 2 amide bonds. The van der Waals surface area contributed by atoms with Crippen LogP contribution in [0.15, 0.2) is 53.7 Å². The van der Waals surface area contributed by atoms with Gasteiger partial charge in [0, 0.05) is 12.0 Å². The van der Waals surface area contributed by atoms with Crippen molar-refractivity contribution in [1.29, 1.82) is 0 Å². The van der Waals surface area contributed by atoms with Crippen LogP contribution in [0.2, 0.25) is 0 Å². The zero-order valence-corrected chi connectivity index (χ0v) is 10.7. The standard InChI is InChI=1S/C15H13N3O2/c16-15(19)18-13-7-3-1-5-10(13)9-12(17-20)11-6-2-4-8-14(11)18/h1-8,20H,9H2,(H2,16,19)/b17-12+. The maximum absolute atomic E-state index is 11.9. The molecule has 100 valence electrons. The highest BCUT2D eigenvalue weighted by Gasteiger charge is 2.26. The van der Waals surface area contributed by atoms with Crippen LogP contribution in [-0.4, -0.2) is 17.0 Å². The van der Waals surface area contributed by atoms with Crippen LogP contribution in [0.25, 0.3) is 0 Å². The molecule has 0 unspecified atom stereocenters. The van der Waals surface area contributed by atoms with Gasteiger partial charge in [-0.15, -0.1) is 0 Å². The van der Waals surface area contributed by atoms with E-state index < -0.39 is 6.03 Å². The number of primary amides is 1. The number of benzene rings is 2. The summed E-state index contributed by atoms with van der Waals surface area (Å²) in [5.74, 6) is 0. The minimum absolute atomic E-state index is 0.438. The predicted octanol–water partition coefficient (Wildman–Crippen LogP) is 2.64. The van der Waals surface area contributed by atoms with Crippen molar-refractivity contribution >= 4 is 23.1 Å². The number of carbonyl (C=O) groups excluding carboxylic acids is 1. The maximum atomic E-state index is 11.9. The van der Waals surface area contributed by atoms with Crippen molar-refractivity contribution in [2.45, 2.75) is 6.42 Å². The monoisotopic (exact) mass is 267 g/mol. The third-order valence-electron chi connectivity index (χ3n) is 3.39. The normalized spacial score (nSPS) is 15.4. The first kappa shape index (κ1) is 12.2. The average molecular weight is 267 g/mol. The van der Waals surface area contributed by atoms with Gasteiger partial charge >= 0.3 is 6.03 Å². The van der Waals surface area contributed by atoms with Crippen molar-refractivity contribution in [3.05, 3.63) is 59.7 Å². The van der Waals surface area contributed by atoms with E-state index in [1.165, 1.54) is 4.90 Å². The first-order valence-corrected chi connectivity index (χ1v) is 6.20. The van der Waals surface area contributed by atoms with E-state index in [1.54, 1.807) is 6.07 Å². The van der Waals surface area contributed by atoms with Crippen LogP contribution >= 0.6 is 0 Å². The molecule has 5 nitrogen and oxygen atoms in total. The van der Waals surface area contributed by atoms with Crippen LogP contribution in [0, 0.1) is 0 Å². The molecular formula is C15H13N3O2. The van der Waals surface area contributed by atoms with Crippen molar-refractivity contribution in [1.82, 2.24) is 0 Å². The molecule has 2 aromatic carbocycles. The van der Waals surface area contributed by atoms with E-state index in [1.807, 2.05) is 42.5 Å². The Hall–Kier alpha value is -2.82. The summed E-state index contributed by atoms with van der Waals surface area (Å²) in [5.41, 5.74) is 8.97. The van der Waals surface area contributed by atoms with Crippen LogP contribution in [0.5, 0.6) is 0 Å². The highest BCUT2D eigenvalue weighted by atomic mass is 16.4. The minimum Gasteiger partial charge on any atom is -0.411 e. The molecule has 0 radical (unpaired) electrons. The quantitative estimate of drug-likeness (QED) is 0.568. The summed E-state index contributed by atoms with van der Waals surface area (Å²) in [6.07, 6.45) is 0.438. The van der Waals surface area contributed by atoms with E-state index in [9.17, 15) is 10.0 Å². The van der Waals surface area contributed by atoms with E-state index >= 15 is 0 Å². The van der Waals surface area contributed by atoms with Gasteiger partial charge in [-0.2, -0.15) is 0 Å². The Bertz CT molecular complexity index is 710. The maximum Gasteiger partial charge on any atom is 0.323 e. The van der Waals surface area contributed by atoms with Crippen LogP contribution in [0.4, 0.5) is 16.2 Å². The van der Waals surface area contributed by atoms with Crippen LogP contribution in [-0.2, 0) is 6.42 Å². The Morgan fingerprint density at radius 2 is 1.75 bits per heavy atom. The fraction of sp³-hybridized carbons (Fsp3) is 0.0667. The van der Waals surface area contributed by atoms with Crippen molar-refractivity contribution in [2.75, 3.05) is 4.90 Å². The minimum atomic E-state index is -0.566. The molecule has 0 fully saturated rings. The molecule has 3 N–H and O–H groups in total. The smallest absolute Gasteiger partial charge is 0.323 e. The molecule has 0 atom stereocenters. The Balaban J connectivity index is 2.33. The number of oxime groups is 1. The van der Waals surface area contributed by atoms with Gasteiger partial charge in [-0.25, -0.2) is 4.79 Å². The molecule has 0 saturated carbocycles. The molecule has 5 heteroatoms. The Morgan fingerprint density at radius 1 is 1.10 bits per heavy atom. The number of amides is 2. The lowest BCUT2D eigenvalue weighted by Gasteiger charge is -2.22. The van der Waals surface area contributed by atoms with Gasteiger partial charge in [0.25, 0.3) is 0 Å². The number of para-hydroxylation sites is 2. The topological polar surface area (TPSA) is 78.9 Å². The third-order valence-corrected chi connectivity index (χ3v) is 3.39. The van der Waals surface area contributed by atoms with Gasteiger partial charge in [0.2, 0.25) is 0 Å². The molecular weight excluding hydrogens is 254 g/mol. The fourth-order valence-corrected chi connectivity index (χ4v) is 2.52. The number of nitrogens with two attached hydrogens (primary N) is 1. The first-order valence-electron chi connectivity index (χ1n) is 6.20. The lowest BCUT2D eigenvalue weighted by molar-refractivity contribution is 0.256. The molecule has 0 spiro atoms. The van der Waals surface area contributed by atoms with Crippen LogP contribution in [0.1, 0.15) is 11.1 Å². The lowest BCUT2D eigenvalue weighted by atomic mass is 10.0. The molecule has 0 saturated heterocycles. The summed E-state index contributed by atoms with van der Waals surface area (Å²) in [6.45, 7) is 0. The van der Waals surface area contributed by atoms with Crippen LogP contribution in [0.3, 0.4) is 0 Å². The zero-order chi connectivity index (χ0) is 14.1. The summed E-state index contributed by atoms with van der Waals surface area (Å²) in [4.78, 5) is 13.3.